The molecule has 0 saturated heterocycles. The number of methoxy groups -OCH3 is 1. The zero-order valence-electron chi connectivity index (χ0n) is 11.4. The third kappa shape index (κ3) is 4.18. The van der Waals surface area contributed by atoms with Gasteiger partial charge in [-0.2, -0.15) is 5.26 Å². The number of nitrogen functional groups attached to an aromatic ring is 1. The first-order chi connectivity index (χ1) is 8.89. The van der Waals surface area contributed by atoms with E-state index in [0.717, 1.165) is 0 Å². The van der Waals surface area contributed by atoms with Crippen LogP contribution in [-0.2, 0) is 4.74 Å². The largest absolute Gasteiger partial charge is 0.493 e. The fourth-order valence-electron chi connectivity index (χ4n) is 1.41. The van der Waals surface area contributed by atoms with Crippen LogP contribution in [0.25, 0.3) is 0 Å². The second-order valence-electron chi connectivity index (χ2n) is 4.84. The van der Waals surface area contributed by atoms with Crippen LogP contribution >= 0.6 is 0 Å². The molecule has 0 bridgehead atoms. The van der Waals surface area contributed by atoms with Crippen molar-refractivity contribution in [1.29, 1.82) is 5.26 Å². The van der Waals surface area contributed by atoms with Gasteiger partial charge in [-0.05, 0) is 38.5 Å². The van der Waals surface area contributed by atoms with Gasteiger partial charge in [-0.1, -0.05) is 0 Å². The number of rotatable bonds is 5. The van der Waals surface area contributed by atoms with Crippen LogP contribution in [-0.4, -0.2) is 19.7 Å². The van der Waals surface area contributed by atoms with Crippen LogP contribution in [0.5, 0.6) is 5.75 Å². The normalized spacial score (nSPS) is 10.6. The predicted octanol–water partition coefficient (Wildman–Crippen LogP) is 2.37. The molecule has 0 spiro atoms. The molecule has 19 heavy (non-hydrogen) atoms. The molecule has 102 valence electrons. The third-order valence-electron chi connectivity index (χ3n) is 2.70. The zero-order valence-corrected chi connectivity index (χ0v) is 11.4. The quantitative estimate of drug-likeness (QED) is 0.650. The summed E-state index contributed by atoms with van der Waals surface area (Å²) < 4.78 is 10.2. The minimum absolute atomic E-state index is 0.289. The molecule has 1 aromatic rings. The SMILES string of the molecule is COC(=O)c1cc(N)ccc1OCCC(C)(C)C#N. The molecule has 0 atom stereocenters. The van der Waals surface area contributed by atoms with Gasteiger partial charge >= 0.3 is 5.97 Å². The van der Waals surface area contributed by atoms with Crippen LogP contribution in [0.1, 0.15) is 30.6 Å². The van der Waals surface area contributed by atoms with Gasteiger partial charge in [-0.15, -0.1) is 0 Å². The van der Waals surface area contributed by atoms with E-state index in [4.69, 9.17) is 15.7 Å². The van der Waals surface area contributed by atoms with Crippen molar-refractivity contribution in [3.8, 4) is 11.8 Å². The number of hydrogen-bond donors (Lipinski definition) is 1. The molecule has 0 aromatic heterocycles. The number of anilines is 1. The molecule has 2 N–H and O–H groups in total. The van der Waals surface area contributed by atoms with Gasteiger partial charge in [0, 0.05) is 5.69 Å². The second-order valence-corrected chi connectivity index (χ2v) is 4.84. The number of ether oxygens (including phenoxy) is 2. The summed E-state index contributed by atoms with van der Waals surface area (Å²) in [7, 11) is 1.30. The lowest BCUT2D eigenvalue weighted by atomic mass is 9.92. The molecule has 0 radical (unpaired) electrons. The summed E-state index contributed by atoms with van der Waals surface area (Å²) in [6, 6.07) is 6.98. The Morgan fingerprint density at radius 3 is 2.74 bits per heavy atom. The highest BCUT2D eigenvalue weighted by Crippen LogP contribution is 2.24. The van der Waals surface area contributed by atoms with Crippen LogP contribution in [0.3, 0.4) is 0 Å². The van der Waals surface area contributed by atoms with Crippen LogP contribution in [0.2, 0.25) is 0 Å². The highest BCUT2D eigenvalue weighted by molar-refractivity contribution is 5.93. The number of nitrogens with zero attached hydrogens (tertiary/aromatic N) is 1. The molecule has 0 heterocycles. The van der Waals surface area contributed by atoms with Crippen molar-refractivity contribution < 1.29 is 14.3 Å². The van der Waals surface area contributed by atoms with Gasteiger partial charge in [-0.3, -0.25) is 0 Å². The number of benzene rings is 1. The maximum Gasteiger partial charge on any atom is 0.341 e. The van der Waals surface area contributed by atoms with Gasteiger partial charge in [-0.25, -0.2) is 4.79 Å². The van der Waals surface area contributed by atoms with E-state index in [2.05, 4.69) is 10.8 Å². The van der Waals surface area contributed by atoms with Crippen molar-refractivity contribution in [2.75, 3.05) is 19.5 Å². The van der Waals surface area contributed by atoms with E-state index in [1.807, 2.05) is 13.8 Å². The highest BCUT2D eigenvalue weighted by atomic mass is 16.5. The van der Waals surface area contributed by atoms with Crippen LogP contribution in [0, 0.1) is 16.7 Å². The lowest BCUT2D eigenvalue weighted by Gasteiger charge is -2.16. The lowest BCUT2D eigenvalue weighted by Crippen LogP contribution is -2.14. The molecule has 5 heteroatoms. The Morgan fingerprint density at radius 2 is 2.16 bits per heavy atom. The molecule has 0 amide bonds. The topological polar surface area (TPSA) is 85.3 Å². The maximum absolute atomic E-state index is 11.6. The molecule has 0 aliphatic rings. The fraction of sp³-hybridized carbons (Fsp3) is 0.429. The number of carbonyl (C=O) groups excluding carboxylic acids is 1. The molecule has 1 rings (SSSR count). The van der Waals surface area contributed by atoms with Crippen LogP contribution in [0.4, 0.5) is 5.69 Å². The van der Waals surface area contributed by atoms with Crippen LogP contribution < -0.4 is 10.5 Å². The van der Waals surface area contributed by atoms with Gasteiger partial charge < -0.3 is 15.2 Å². The molecule has 1 aromatic carbocycles. The van der Waals surface area contributed by atoms with E-state index in [9.17, 15) is 4.79 Å². The smallest absolute Gasteiger partial charge is 0.341 e. The number of nitriles is 1. The fourth-order valence-corrected chi connectivity index (χ4v) is 1.41. The van der Waals surface area contributed by atoms with Gasteiger partial charge in [0.15, 0.2) is 0 Å². The first-order valence-corrected chi connectivity index (χ1v) is 5.91. The summed E-state index contributed by atoms with van der Waals surface area (Å²) in [5.74, 6) is -0.0865. The van der Waals surface area contributed by atoms with Crippen molar-refractivity contribution >= 4 is 11.7 Å². The minimum Gasteiger partial charge on any atom is -0.493 e. The summed E-state index contributed by atoms with van der Waals surface area (Å²) >= 11 is 0. The molecule has 0 unspecified atom stereocenters. The first-order valence-electron chi connectivity index (χ1n) is 5.91. The summed E-state index contributed by atoms with van der Waals surface area (Å²) in [4.78, 5) is 11.6. The number of carbonyl (C=O) groups is 1. The Morgan fingerprint density at radius 1 is 1.47 bits per heavy atom. The van der Waals surface area contributed by atoms with E-state index in [0.29, 0.717) is 24.5 Å². The number of esters is 1. The highest BCUT2D eigenvalue weighted by Gasteiger charge is 2.18. The summed E-state index contributed by atoms with van der Waals surface area (Å²) in [5, 5.41) is 8.91. The van der Waals surface area contributed by atoms with Gasteiger partial charge in [0.2, 0.25) is 0 Å². The Kier molecular flexibility index (Phi) is 4.76. The molecule has 0 fully saturated rings. The predicted molar refractivity (Wildman–Crippen MR) is 71.7 cm³/mol. The van der Waals surface area contributed by atoms with Gasteiger partial charge in [0.25, 0.3) is 0 Å². The van der Waals surface area contributed by atoms with Crippen molar-refractivity contribution in [2.45, 2.75) is 20.3 Å². The Hall–Kier alpha value is -2.22. The van der Waals surface area contributed by atoms with E-state index in [1.165, 1.54) is 13.2 Å². The third-order valence-corrected chi connectivity index (χ3v) is 2.70. The lowest BCUT2D eigenvalue weighted by molar-refractivity contribution is 0.0595. The van der Waals surface area contributed by atoms with Crippen molar-refractivity contribution in [2.24, 2.45) is 5.41 Å². The number of hydrogen-bond acceptors (Lipinski definition) is 5. The van der Waals surface area contributed by atoms with Crippen molar-refractivity contribution in [3.63, 3.8) is 0 Å². The average molecular weight is 262 g/mol. The van der Waals surface area contributed by atoms with E-state index in [-0.39, 0.29) is 5.56 Å². The molecular formula is C14H18N2O3. The Balaban J connectivity index is 2.79. The average Bonchev–Trinajstić information content (AvgIpc) is 2.39. The van der Waals surface area contributed by atoms with E-state index in [1.54, 1.807) is 12.1 Å². The summed E-state index contributed by atoms with van der Waals surface area (Å²) in [6.45, 7) is 4.01. The molecule has 0 saturated carbocycles. The maximum atomic E-state index is 11.6. The zero-order chi connectivity index (χ0) is 14.5. The molecule has 0 aliphatic carbocycles. The summed E-state index contributed by atoms with van der Waals surface area (Å²) in [6.07, 6.45) is 0.564. The molecular weight excluding hydrogens is 244 g/mol. The second kappa shape index (κ2) is 6.10. The monoisotopic (exact) mass is 262 g/mol. The van der Waals surface area contributed by atoms with Gasteiger partial charge in [0.05, 0.1) is 25.2 Å². The first kappa shape index (κ1) is 14.8. The molecule has 5 nitrogen and oxygen atoms in total. The van der Waals surface area contributed by atoms with Crippen molar-refractivity contribution in [3.05, 3.63) is 23.8 Å². The Bertz CT molecular complexity index is 504. The summed E-state index contributed by atoms with van der Waals surface area (Å²) in [5.41, 5.74) is 5.93. The van der Waals surface area contributed by atoms with E-state index >= 15 is 0 Å². The Labute approximate surface area is 112 Å². The molecule has 0 aliphatic heterocycles. The van der Waals surface area contributed by atoms with Gasteiger partial charge in [0.1, 0.15) is 11.3 Å². The minimum atomic E-state index is -0.498. The van der Waals surface area contributed by atoms with Crippen molar-refractivity contribution in [1.82, 2.24) is 0 Å². The standard InChI is InChI=1S/C14H18N2O3/c1-14(2,9-15)6-7-19-12-5-4-10(16)8-11(12)13(17)18-3/h4-5,8H,6-7,16H2,1-3H3. The van der Waals surface area contributed by atoms with E-state index < -0.39 is 11.4 Å². The number of nitrogens with two attached hydrogens (primary N) is 1. The van der Waals surface area contributed by atoms with Crippen LogP contribution in [0.15, 0.2) is 18.2 Å².